The summed E-state index contributed by atoms with van der Waals surface area (Å²) in [5.41, 5.74) is 2.28. The average molecular weight is 284 g/mol. The van der Waals surface area contributed by atoms with Gasteiger partial charge < -0.3 is 20.4 Å². The molecule has 0 unspecified atom stereocenters. The van der Waals surface area contributed by atoms with E-state index < -0.39 is 17.2 Å². The summed E-state index contributed by atoms with van der Waals surface area (Å²) < 4.78 is 0. The molecule has 1 heterocycles. The molecule has 0 fully saturated rings. The Labute approximate surface area is 119 Å². The molecule has 1 aromatic heterocycles. The van der Waals surface area contributed by atoms with Gasteiger partial charge >= 0.3 is 0 Å². The van der Waals surface area contributed by atoms with E-state index in [-0.39, 0.29) is 5.75 Å². The maximum absolute atomic E-state index is 9.97. The Balaban J connectivity index is 2.16. The second-order valence-electron chi connectivity index (χ2n) is 4.54. The van der Waals surface area contributed by atoms with Crippen molar-refractivity contribution in [1.82, 2.24) is 10.2 Å². The SMILES string of the molecule is Oc1ccc(-c2cn[nH]c2-c2ccc(O)c(O)c2O)cc1. The first-order valence-corrected chi connectivity index (χ1v) is 6.15. The topological polar surface area (TPSA) is 110 Å². The van der Waals surface area contributed by atoms with Crippen molar-refractivity contribution in [3.8, 4) is 45.4 Å². The standard InChI is InChI=1S/C15H12N2O4/c18-9-3-1-8(2-4-9)11-7-16-17-13(11)10-5-6-12(19)15(21)14(10)20/h1-7,18-21H,(H,16,17). The van der Waals surface area contributed by atoms with E-state index in [4.69, 9.17) is 0 Å². The van der Waals surface area contributed by atoms with Crippen LogP contribution in [-0.2, 0) is 0 Å². The minimum atomic E-state index is -0.584. The van der Waals surface area contributed by atoms with Gasteiger partial charge in [-0.1, -0.05) is 12.1 Å². The summed E-state index contributed by atoms with van der Waals surface area (Å²) >= 11 is 0. The zero-order valence-electron chi connectivity index (χ0n) is 10.8. The van der Waals surface area contributed by atoms with Crippen LogP contribution in [0.25, 0.3) is 22.4 Å². The smallest absolute Gasteiger partial charge is 0.200 e. The molecule has 3 rings (SSSR count). The lowest BCUT2D eigenvalue weighted by Crippen LogP contribution is -1.85. The predicted octanol–water partition coefficient (Wildman–Crippen LogP) is 2.57. The minimum absolute atomic E-state index is 0.147. The van der Waals surface area contributed by atoms with Crippen molar-refractivity contribution in [2.24, 2.45) is 0 Å². The third kappa shape index (κ3) is 2.12. The van der Waals surface area contributed by atoms with Crippen LogP contribution >= 0.6 is 0 Å². The number of phenols is 4. The Kier molecular flexibility index (Phi) is 2.91. The number of phenolic OH excluding ortho intramolecular Hbond substituents is 4. The Morgan fingerprint density at radius 3 is 2.19 bits per heavy atom. The van der Waals surface area contributed by atoms with Crippen LogP contribution in [0.4, 0.5) is 0 Å². The van der Waals surface area contributed by atoms with Crippen molar-refractivity contribution in [3.63, 3.8) is 0 Å². The molecule has 0 bridgehead atoms. The minimum Gasteiger partial charge on any atom is -0.508 e. The average Bonchev–Trinajstić information content (AvgIpc) is 2.95. The molecular weight excluding hydrogens is 272 g/mol. The van der Waals surface area contributed by atoms with Crippen LogP contribution in [0, 0.1) is 0 Å². The van der Waals surface area contributed by atoms with Crippen LogP contribution in [0.2, 0.25) is 0 Å². The van der Waals surface area contributed by atoms with Crippen LogP contribution in [0.1, 0.15) is 0 Å². The van der Waals surface area contributed by atoms with Crippen molar-refractivity contribution in [2.75, 3.05) is 0 Å². The molecule has 5 N–H and O–H groups in total. The summed E-state index contributed by atoms with van der Waals surface area (Å²) in [6.45, 7) is 0. The first-order valence-electron chi connectivity index (χ1n) is 6.15. The third-order valence-electron chi connectivity index (χ3n) is 3.22. The number of nitrogens with zero attached hydrogens (tertiary/aromatic N) is 1. The van der Waals surface area contributed by atoms with Crippen LogP contribution in [0.3, 0.4) is 0 Å². The molecule has 2 aromatic carbocycles. The second kappa shape index (κ2) is 4.75. The van der Waals surface area contributed by atoms with Gasteiger partial charge in [-0.15, -0.1) is 0 Å². The lowest BCUT2D eigenvalue weighted by Gasteiger charge is -2.08. The Hall–Kier alpha value is -3.15. The summed E-state index contributed by atoms with van der Waals surface area (Å²) in [5.74, 6) is -1.27. The number of nitrogens with one attached hydrogen (secondary N) is 1. The fourth-order valence-electron chi connectivity index (χ4n) is 2.12. The van der Waals surface area contributed by atoms with Crippen LogP contribution in [-0.4, -0.2) is 30.6 Å². The molecule has 0 radical (unpaired) electrons. The molecule has 0 atom stereocenters. The number of aromatic nitrogens is 2. The first-order chi connectivity index (χ1) is 10.1. The molecule has 0 amide bonds. The highest BCUT2D eigenvalue weighted by Gasteiger charge is 2.17. The lowest BCUT2D eigenvalue weighted by molar-refractivity contribution is 0.369. The molecule has 6 heteroatoms. The van der Waals surface area contributed by atoms with Gasteiger partial charge in [-0.25, -0.2) is 0 Å². The van der Waals surface area contributed by atoms with Crippen molar-refractivity contribution in [1.29, 1.82) is 0 Å². The van der Waals surface area contributed by atoms with Crippen LogP contribution in [0.5, 0.6) is 23.0 Å². The number of H-pyrrole nitrogens is 1. The largest absolute Gasteiger partial charge is 0.508 e. The predicted molar refractivity (Wildman–Crippen MR) is 76.1 cm³/mol. The highest BCUT2D eigenvalue weighted by molar-refractivity contribution is 5.85. The van der Waals surface area contributed by atoms with E-state index in [9.17, 15) is 20.4 Å². The van der Waals surface area contributed by atoms with E-state index in [2.05, 4.69) is 10.2 Å². The van der Waals surface area contributed by atoms with Crippen molar-refractivity contribution in [3.05, 3.63) is 42.6 Å². The summed E-state index contributed by atoms with van der Waals surface area (Å²) in [4.78, 5) is 0. The number of rotatable bonds is 2. The Morgan fingerprint density at radius 2 is 1.48 bits per heavy atom. The molecule has 0 aliphatic rings. The molecular formula is C15H12N2O4. The number of aromatic amines is 1. The Bertz CT molecular complexity index is 794. The zero-order valence-corrected chi connectivity index (χ0v) is 10.8. The number of benzene rings is 2. The van der Waals surface area contributed by atoms with E-state index in [1.54, 1.807) is 30.5 Å². The monoisotopic (exact) mass is 284 g/mol. The first kappa shape index (κ1) is 12.9. The normalized spacial score (nSPS) is 10.7. The fraction of sp³-hybridized carbons (Fsp3) is 0. The highest BCUT2D eigenvalue weighted by atomic mass is 16.3. The second-order valence-corrected chi connectivity index (χ2v) is 4.54. The van der Waals surface area contributed by atoms with Gasteiger partial charge in [0.1, 0.15) is 5.75 Å². The van der Waals surface area contributed by atoms with Gasteiger partial charge in [0.15, 0.2) is 11.5 Å². The molecule has 0 aliphatic heterocycles. The number of aromatic hydroxyl groups is 4. The van der Waals surface area contributed by atoms with Crippen molar-refractivity contribution < 1.29 is 20.4 Å². The maximum Gasteiger partial charge on any atom is 0.200 e. The summed E-state index contributed by atoms with van der Waals surface area (Å²) in [6, 6.07) is 9.26. The lowest BCUT2D eigenvalue weighted by atomic mass is 10.0. The Morgan fingerprint density at radius 1 is 0.762 bits per heavy atom. The van der Waals surface area contributed by atoms with E-state index in [1.807, 2.05) is 0 Å². The van der Waals surface area contributed by atoms with Crippen LogP contribution in [0.15, 0.2) is 42.6 Å². The summed E-state index contributed by atoms with van der Waals surface area (Å²) in [6.07, 6.45) is 1.57. The van der Waals surface area contributed by atoms with Gasteiger partial charge in [0.25, 0.3) is 0 Å². The molecule has 0 saturated carbocycles. The maximum atomic E-state index is 9.97. The van der Waals surface area contributed by atoms with Gasteiger partial charge in [0.05, 0.1) is 11.9 Å². The van der Waals surface area contributed by atoms with Crippen molar-refractivity contribution in [2.45, 2.75) is 0 Å². The molecule has 0 aliphatic carbocycles. The van der Waals surface area contributed by atoms with E-state index >= 15 is 0 Å². The van der Waals surface area contributed by atoms with E-state index in [1.165, 1.54) is 12.1 Å². The van der Waals surface area contributed by atoms with E-state index in [0.29, 0.717) is 16.8 Å². The fourth-order valence-corrected chi connectivity index (χ4v) is 2.12. The van der Waals surface area contributed by atoms with Gasteiger partial charge in [-0.3, -0.25) is 5.10 Å². The summed E-state index contributed by atoms with van der Waals surface area (Å²) in [7, 11) is 0. The third-order valence-corrected chi connectivity index (χ3v) is 3.22. The molecule has 3 aromatic rings. The summed E-state index contributed by atoms with van der Waals surface area (Å²) in [5, 5.41) is 45.0. The van der Waals surface area contributed by atoms with Gasteiger partial charge in [-0.2, -0.15) is 5.10 Å². The van der Waals surface area contributed by atoms with Crippen LogP contribution < -0.4 is 0 Å². The zero-order chi connectivity index (χ0) is 15.0. The van der Waals surface area contributed by atoms with Crippen molar-refractivity contribution >= 4 is 0 Å². The number of hydrogen-bond donors (Lipinski definition) is 5. The van der Waals surface area contributed by atoms with Gasteiger partial charge in [0, 0.05) is 11.1 Å². The van der Waals surface area contributed by atoms with Gasteiger partial charge in [-0.05, 0) is 29.8 Å². The van der Waals surface area contributed by atoms with Gasteiger partial charge in [0.2, 0.25) is 5.75 Å². The molecule has 106 valence electrons. The quantitative estimate of drug-likeness (QED) is 0.465. The highest BCUT2D eigenvalue weighted by Crippen LogP contribution is 2.43. The number of hydrogen-bond acceptors (Lipinski definition) is 5. The molecule has 6 nitrogen and oxygen atoms in total. The molecule has 21 heavy (non-hydrogen) atoms. The molecule has 0 spiro atoms. The molecule has 0 saturated heterocycles. The van der Waals surface area contributed by atoms with E-state index in [0.717, 1.165) is 5.56 Å².